The Morgan fingerprint density at radius 3 is 2.48 bits per heavy atom. The van der Waals surface area contributed by atoms with E-state index in [4.69, 9.17) is 27.7 Å². The molecule has 3 aromatic rings. The molecule has 152 valence electrons. The third kappa shape index (κ3) is 4.05. The van der Waals surface area contributed by atoms with E-state index in [2.05, 4.69) is 10.1 Å². The number of benzene rings is 2. The molecule has 0 saturated carbocycles. The van der Waals surface area contributed by atoms with Gasteiger partial charge in [0.25, 0.3) is 5.89 Å². The highest BCUT2D eigenvalue weighted by Crippen LogP contribution is 2.32. The fourth-order valence-electron chi connectivity index (χ4n) is 3.46. The van der Waals surface area contributed by atoms with Crippen molar-refractivity contribution in [3.05, 3.63) is 63.9 Å². The van der Waals surface area contributed by atoms with Gasteiger partial charge in [-0.1, -0.05) is 46.6 Å². The van der Waals surface area contributed by atoms with Crippen molar-refractivity contribution in [3.8, 4) is 11.5 Å². The van der Waals surface area contributed by atoms with E-state index in [0.29, 0.717) is 42.7 Å². The molecule has 1 aliphatic rings. The molecule has 29 heavy (non-hydrogen) atoms. The molecule has 0 aliphatic carbocycles. The van der Waals surface area contributed by atoms with Gasteiger partial charge in [-0.05, 0) is 49.6 Å². The van der Waals surface area contributed by atoms with Crippen molar-refractivity contribution in [2.75, 3.05) is 13.1 Å². The van der Waals surface area contributed by atoms with Crippen LogP contribution in [-0.4, -0.2) is 36.0 Å². The summed E-state index contributed by atoms with van der Waals surface area (Å²) in [7, 11) is -3.62. The molecule has 6 nitrogen and oxygen atoms in total. The van der Waals surface area contributed by atoms with E-state index in [-0.39, 0.29) is 15.8 Å². The van der Waals surface area contributed by atoms with Gasteiger partial charge in [0.05, 0.1) is 14.9 Å². The summed E-state index contributed by atoms with van der Waals surface area (Å²) in [6, 6.07) is 12.2. The van der Waals surface area contributed by atoms with Gasteiger partial charge in [-0.3, -0.25) is 0 Å². The van der Waals surface area contributed by atoms with Crippen LogP contribution in [0.5, 0.6) is 0 Å². The summed E-state index contributed by atoms with van der Waals surface area (Å²) in [5.74, 6) is 1.16. The zero-order valence-electron chi connectivity index (χ0n) is 15.7. The van der Waals surface area contributed by atoms with Crippen LogP contribution < -0.4 is 0 Å². The molecule has 1 aliphatic heterocycles. The fourth-order valence-corrected chi connectivity index (χ4v) is 5.32. The van der Waals surface area contributed by atoms with Gasteiger partial charge >= 0.3 is 0 Å². The van der Waals surface area contributed by atoms with Gasteiger partial charge in [0, 0.05) is 24.6 Å². The predicted molar refractivity (Wildman–Crippen MR) is 112 cm³/mol. The van der Waals surface area contributed by atoms with Crippen molar-refractivity contribution < 1.29 is 12.9 Å². The average Bonchev–Trinajstić information content (AvgIpc) is 3.20. The minimum absolute atomic E-state index is 0.0526. The third-order valence-electron chi connectivity index (χ3n) is 5.17. The number of aromatic nitrogens is 2. The predicted octanol–water partition coefficient (Wildman–Crippen LogP) is 4.92. The summed E-state index contributed by atoms with van der Waals surface area (Å²) in [4.78, 5) is 4.70. The van der Waals surface area contributed by atoms with Crippen molar-refractivity contribution >= 4 is 33.2 Å². The zero-order chi connectivity index (χ0) is 20.6. The number of piperidine rings is 1. The first-order chi connectivity index (χ1) is 13.9. The van der Waals surface area contributed by atoms with E-state index >= 15 is 0 Å². The minimum atomic E-state index is -3.62. The van der Waals surface area contributed by atoms with Crippen molar-refractivity contribution in [1.82, 2.24) is 14.4 Å². The third-order valence-corrected chi connectivity index (χ3v) is 7.80. The molecule has 0 radical (unpaired) electrons. The molecule has 2 aromatic carbocycles. The molecule has 0 spiro atoms. The molecule has 0 unspecified atom stereocenters. The van der Waals surface area contributed by atoms with Crippen LogP contribution in [0.3, 0.4) is 0 Å². The lowest BCUT2D eigenvalue weighted by atomic mass is 9.97. The summed E-state index contributed by atoms with van der Waals surface area (Å²) >= 11 is 11.9. The number of rotatable bonds is 4. The normalized spacial score (nSPS) is 16.2. The maximum absolute atomic E-state index is 12.9. The van der Waals surface area contributed by atoms with Crippen LogP contribution in [0.1, 0.15) is 30.1 Å². The Hall–Kier alpha value is -1.93. The Kier molecular flexibility index (Phi) is 5.66. The van der Waals surface area contributed by atoms with Crippen molar-refractivity contribution in [2.45, 2.75) is 30.6 Å². The Morgan fingerprint density at radius 2 is 1.79 bits per heavy atom. The molecular formula is C20H19Cl2N3O3S. The van der Waals surface area contributed by atoms with Crippen LogP contribution in [-0.2, 0) is 10.0 Å². The van der Waals surface area contributed by atoms with Crippen LogP contribution in [0.4, 0.5) is 0 Å². The van der Waals surface area contributed by atoms with Crippen LogP contribution >= 0.6 is 23.2 Å². The Labute approximate surface area is 179 Å². The standard InChI is InChI=1S/C20H19Cl2N3O3S/c1-13-4-2-3-5-16(13)20-23-19(24-28-20)14-8-10-25(11-9-14)29(26,27)15-6-7-17(21)18(22)12-15/h2-7,12,14H,8-11H2,1H3. The molecule has 0 N–H and O–H groups in total. The molecule has 0 amide bonds. The van der Waals surface area contributed by atoms with Gasteiger partial charge in [0.1, 0.15) is 0 Å². The minimum Gasteiger partial charge on any atom is -0.334 e. The van der Waals surface area contributed by atoms with Crippen LogP contribution in [0, 0.1) is 6.92 Å². The number of halogens is 2. The second-order valence-corrected chi connectivity index (χ2v) is 9.78. The molecule has 1 fully saturated rings. The maximum Gasteiger partial charge on any atom is 0.258 e. The summed E-state index contributed by atoms with van der Waals surface area (Å²) in [5, 5.41) is 4.68. The summed E-state index contributed by atoms with van der Waals surface area (Å²) < 4.78 is 32.7. The van der Waals surface area contributed by atoms with Crippen LogP contribution in [0.25, 0.3) is 11.5 Å². The van der Waals surface area contributed by atoms with E-state index in [1.165, 1.54) is 22.5 Å². The zero-order valence-corrected chi connectivity index (χ0v) is 18.0. The summed E-state index contributed by atoms with van der Waals surface area (Å²) in [6.45, 7) is 2.74. The maximum atomic E-state index is 12.9. The highest BCUT2D eigenvalue weighted by molar-refractivity contribution is 7.89. The van der Waals surface area contributed by atoms with Crippen LogP contribution in [0.2, 0.25) is 10.0 Å². The summed E-state index contributed by atoms with van der Waals surface area (Å²) in [6.07, 6.45) is 1.24. The average molecular weight is 452 g/mol. The molecule has 2 heterocycles. The van der Waals surface area contributed by atoms with Crippen LogP contribution in [0.15, 0.2) is 51.9 Å². The Bertz CT molecular complexity index is 1140. The van der Waals surface area contributed by atoms with Gasteiger partial charge in [-0.15, -0.1) is 0 Å². The number of sulfonamides is 1. The van der Waals surface area contributed by atoms with E-state index in [1.54, 1.807) is 0 Å². The smallest absolute Gasteiger partial charge is 0.258 e. The van der Waals surface area contributed by atoms with Gasteiger partial charge in [0.15, 0.2) is 5.82 Å². The first-order valence-electron chi connectivity index (χ1n) is 9.21. The number of hydrogen-bond acceptors (Lipinski definition) is 5. The monoisotopic (exact) mass is 451 g/mol. The lowest BCUT2D eigenvalue weighted by Crippen LogP contribution is -2.38. The first kappa shape index (κ1) is 20.3. The lowest BCUT2D eigenvalue weighted by molar-refractivity contribution is 0.307. The first-order valence-corrected chi connectivity index (χ1v) is 11.4. The quantitative estimate of drug-likeness (QED) is 0.562. The SMILES string of the molecule is Cc1ccccc1-c1nc(C2CCN(S(=O)(=O)c3ccc(Cl)c(Cl)c3)CC2)no1. The molecule has 9 heteroatoms. The van der Waals surface area contributed by atoms with E-state index in [9.17, 15) is 8.42 Å². The molecule has 4 rings (SSSR count). The summed E-state index contributed by atoms with van der Waals surface area (Å²) in [5.41, 5.74) is 1.97. The van der Waals surface area contributed by atoms with Gasteiger partial charge in [-0.25, -0.2) is 8.42 Å². The molecule has 1 aromatic heterocycles. The second-order valence-electron chi connectivity index (χ2n) is 7.03. The highest BCUT2D eigenvalue weighted by atomic mass is 35.5. The topological polar surface area (TPSA) is 76.3 Å². The largest absolute Gasteiger partial charge is 0.334 e. The van der Waals surface area contributed by atoms with Crippen molar-refractivity contribution in [1.29, 1.82) is 0 Å². The van der Waals surface area contributed by atoms with Gasteiger partial charge in [-0.2, -0.15) is 9.29 Å². The number of nitrogens with zero attached hydrogens (tertiary/aromatic N) is 3. The fraction of sp³-hybridized carbons (Fsp3) is 0.300. The van der Waals surface area contributed by atoms with Crippen molar-refractivity contribution in [2.24, 2.45) is 0 Å². The second kappa shape index (κ2) is 8.07. The molecule has 1 saturated heterocycles. The molecule has 0 atom stereocenters. The highest BCUT2D eigenvalue weighted by Gasteiger charge is 2.32. The van der Waals surface area contributed by atoms with Crippen molar-refractivity contribution in [3.63, 3.8) is 0 Å². The molecular weight excluding hydrogens is 433 g/mol. The van der Waals surface area contributed by atoms with Gasteiger partial charge in [0.2, 0.25) is 10.0 Å². The Morgan fingerprint density at radius 1 is 1.07 bits per heavy atom. The van der Waals surface area contributed by atoms with Gasteiger partial charge < -0.3 is 4.52 Å². The number of hydrogen-bond donors (Lipinski definition) is 0. The lowest BCUT2D eigenvalue weighted by Gasteiger charge is -2.29. The number of aryl methyl sites for hydroxylation is 1. The Balaban J connectivity index is 1.47. The van der Waals surface area contributed by atoms with E-state index < -0.39 is 10.0 Å². The van der Waals surface area contributed by atoms with E-state index in [0.717, 1.165) is 11.1 Å². The molecule has 0 bridgehead atoms. The van der Waals surface area contributed by atoms with E-state index in [1.807, 2.05) is 31.2 Å².